The Morgan fingerprint density at radius 2 is 1.97 bits per heavy atom. The third-order valence-electron chi connectivity index (χ3n) is 5.15. The van der Waals surface area contributed by atoms with Gasteiger partial charge in [-0.15, -0.1) is 5.10 Å². The molecule has 150 valence electrons. The number of hydrogen-bond acceptors (Lipinski definition) is 5. The molecule has 0 radical (unpaired) electrons. The van der Waals surface area contributed by atoms with E-state index in [0.717, 1.165) is 11.1 Å². The highest BCUT2D eigenvalue weighted by atomic mass is 35.5. The minimum Gasteiger partial charge on any atom is -0.370 e. The predicted molar refractivity (Wildman–Crippen MR) is 108 cm³/mol. The zero-order valence-electron chi connectivity index (χ0n) is 15.9. The first-order chi connectivity index (χ1) is 14.2. The summed E-state index contributed by atoms with van der Waals surface area (Å²) in [4.78, 5) is 15.0. The number of tetrazole rings is 1. The normalized spacial score (nSPS) is 17.8. The van der Waals surface area contributed by atoms with Crippen LogP contribution in [0.4, 0.5) is 0 Å². The van der Waals surface area contributed by atoms with E-state index in [2.05, 4.69) is 15.5 Å². The van der Waals surface area contributed by atoms with Gasteiger partial charge in [-0.05, 0) is 33.7 Å². The average molecular weight is 412 g/mol. The molecule has 0 N–H and O–H groups in total. The highest BCUT2D eigenvalue weighted by Gasteiger charge is 2.27. The minimum absolute atomic E-state index is 0.0544. The molecule has 0 bridgehead atoms. The Morgan fingerprint density at radius 3 is 2.69 bits per heavy atom. The number of amides is 1. The van der Waals surface area contributed by atoms with Crippen LogP contribution in [0.5, 0.6) is 0 Å². The number of rotatable bonds is 6. The molecule has 0 saturated carbocycles. The lowest BCUT2D eigenvalue weighted by Crippen LogP contribution is -2.42. The summed E-state index contributed by atoms with van der Waals surface area (Å²) in [5, 5.41) is 12.0. The summed E-state index contributed by atoms with van der Waals surface area (Å²) < 4.78 is 7.54. The maximum Gasteiger partial charge on any atom is 0.223 e. The van der Waals surface area contributed by atoms with Crippen LogP contribution in [-0.4, -0.2) is 50.7 Å². The average Bonchev–Trinajstić information content (AvgIpc) is 3.28. The van der Waals surface area contributed by atoms with Gasteiger partial charge in [0.15, 0.2) is 0 Å². The molecule has 1 aliphatic rings. The Labute approximate surface area is 174 Å². The lowest BCUT2D eigenvalue weighted by atomic mass is 9.94. The lowest BCUT2D eigenvalue weighted by Gasteiger charge is -2.34. The van der Waals surface area contributed by atoms with Crippen LogP contribution in [0, 0.1) is 0 Å². The van der Waals surface area contributed by atoms with Gasteiger partial charge in [-0.25, -0.2) is 4.68 Å². The first kappa shape index (κ1) is 19.5. The molecule has 1 aromatic heterocycles. The van der Waals surface area contributed by atoms with Gasteiger partial charge < -0.3 is 9.64 Å². The number of carbonyl (C=O) groups excluding carboxylic acids is 1. The molecule has 4 rings (SSSR count). The first-order valence-electron chi connectivity index (χ1n) is 9.59. The predicted octanol–water partition coefficient (Wildman–Crippen LogP) is 3.10. The topological polar surface area (TPSA) is 73.1 Å². The van der Waals surface area contributed by atoms with Crippen LogP contribution in [-0.2, 0) is 16.1 Å². The van der Waals surface area contributed by atoms with Crippen LogP contribution in [0.25, 0.3) is 0 Å². The smallest absolute Gasteiger partial charge is 0.223 e. The monoisotopic (exact) mass is 411 g/mol. The van der Waals surface area contributed by atoms with Crippen LogP contribution < -0.4 is 0 Å². The Morgan fingerprint density at radius 1 is 1.17 bits per heavy atom. The van der Waals surface area contributed by atoms with Gasteiger partial charge in [0.2, 0.25) is 5.91 Å². The van der Waals surface area contributed by atoms with E-state index < -0.39 is 0 Å². The van der Waals surface area contributed by atoms with Crippen LogP contribution >= 0.6 is 11.6 Å². The highest BCUT2D eigenvalue weighted by Crippen LogP contribution is 2.27. The molecule has 0 aliphatic carbocycles. The van der Waals surface area contributed by atoms with Crippen molar-refractivity contribution in [1.82, 2.24) is 25.1 Å². The van der Waals surface area contributed by atoms with Crippen molar-refractivity contribution in [3.63, 3.8) is 0 Å². The van der Waals surface area contributed by atoms with Crippen molar-refractivity contribution in [3.8, 4) is 0 Å². The number of benzene rings is 2. The van der Waals surface area contributed by atoms with E-state index in [1.807, 2.05) is 59.5 Å². The molecule has 1 amide bonds. The summed E-state index contributed by atoms with van der Waals surface area (Å²) in [5.74, 6) is 0.0449. The van der Waals surface area contributed by atoms with Crippen molar-refractivity contribution < 1.29 is 9.53 Å². The fourth-order valence-corrected chi connectivity index (χ4v) is 3.72. The summed E-state index contributed by atoms with van der Waals surface area (Å²) in [6, 6.07) is 17.6. The third-order valence-corrected chi connectivity index (χ3v) is 5.40. The van der Waals surface area contributed by atoms with E-state index in [4.69, 9.17) is 16.3 Å². The summed E-state index contributed by atoms with van der Waals surface area (Å²) in [6.07, 6.45) is 1.83. The second-order valence-electron chi connectivity index (χ2n) is 7.09. The number of carbonyl (C=O) groups is 1. The third kappa shape index (κ3) is 4.99. The Balaban J connectivity index is 1.47. The molecule has 0 spiro atoms. The molecule has 7 nitrogen and oxygen atoms in total. The number of hydrogen-bond donors (Lipinski definition) is 0. The molecule has 29 heavy (non-hydrogen) atoms. The van der Waals surface area contributed by atoms with E-state index in [9.17, 15) is 4.79 Å². The standard InChI is InChI=1S/C21H22ClN5O2/c22-19-8-6-16(7-9-19)18(13-27-15-23-24-25-27)12-21(28)26-10-11-29-20(14-26)17-4-2-1-3-5-17/h1-9,15,18,20H,10-14H2/t18-,20+/m0/s1. The second kappa shape index (κ2) is 9.15. The Hall–Kier alpha value is -2.77. The molecular formula is C21H22ClN5O2. The van der Waals surface area contributed by atoms with Crippen LogP contribution in [0.15, 0.2) is 60.9 Å². The maximum absolute atomic E-state index is 13.1. The van der Waals surface area contributed by atoms with Crippen LogP contribution in [0.3, 0.4) is 0 Å². The molecule has 1 fully saturated rings. The lowest BCUT2D eigenvalue weighted by molar-refractivity contribution is -0.139. The molecule has 2 heterocycles. The number of morpholine rings is 1. The van der Waals surface area contributed by atoms with E-state index >= 15 is 0 Å². The van der Waals surface area contributed by atoms with Crippen molar-refractivity contribution in [2.24, 2.45) is 0 Å². The van der Waals surface area contributed by atoms with Gasteiger partial charge in [0.25, 0.3) is 0 Å². The van der Waals surface area contributed by atoms with Crippen molar-refractivity contribution in [1.29, 1.82) is 0 Å². The van der Waals surface area contributed by atoms with E-state index in [0.29, 0.717) is 37.7 Å². The first-order valence-corrected chi connectivity index (χ1v) is 9.97. The number of nitrogens with zero attached hydrogens (tertiary/aromatic N) is 5. The van der Waals surface area contributed by atoms with Crippen molar-refractivity contribution in [2.75, 3.05) is 19.7 Å². The van der Waals surface area contributed by atoms with Crippen molar-refractivity contribution in [3.05, 3.63) is 77.1 Å². The Kier molecular flexibility index (Phi) is 6.17. The van der Waals surface area contributed by atoms with E-state index in [1.54, 1.807) is 11.0 Å². The summed E-state index contributed by atoms with van der Waals surface area (Å²) in [6.45, 7) is 2.21. The van der Waals surface area contributed by atoms with Gasteiger partial charge in [-0.1, -0.05) is 54.1 Å². The molecule has 2 atom stereocenters. The fraction of sp³-hybridized carbons (Fsp3) is 0.333. The molecule has 8 heteroatoms. The molecule has 0 unspecified atom stereocenters. The number of halogens is 1. The van der Waals surface area contributed by atoms with Crippen molar-refractivity contribution in [2.45, 2.75) is 25.0 Å². The summed E-state index contributed by atoms with van der Waals surface area (Å²) in [5.41, 5.74) is 2.12. The van der Waals surface area contributed by atoms with Gasteiger partial charge in [0.1, 0.15) is 12.4 Å². The second-order valence-corrected chi connectivity index (χ2v) is 7.53. The minimum atomic E-state index is -0.0950. The number of ether oxygens (including phenoxy) is 1. The largest absolute Gasteiger partial charge is 0.370 e. The van der Waals surface area contributed by atoms with Gasteiger partial charge in [-0.3, -0.25) is 4.79 Å². The zero-order valence-corrected chi connectivity index (χ0v) is 16.7. The van der Waals surface area contributed by atoms with E-state index in [1.165, 1.54) is 0 Å². The van der Waals surface area contributed by atoms with Gasteiger partial charge in [0.05, 0.1) is 19.7 Å². The summed E-state index contributed by atoms with van der Waals surface area (Å²) >= 11 is 6.03. The van der Waals surface area contributed by atoms with Gasteiger partial charge >= 0.3 is 0 Å². The molecular weight excluding hydrogens is 390 g/mol. The quantitative estimate of drug-likeness (QED) is 0.623. The summed E-state index contributed by atoms with van der Waals surface area (Å²) in [7, 11) is 0. The van der Waals surface area contributed by atoms with Crippen LogP contribution in [0.2, 0.25) is 5.02 Å². The molecule has 1 saturated heterocycles. The van der Waals surface area contributed by atoms with Gasteiger partial charge in [0, 0.05) is 23.9 Å². The SMILES string of the molecule is O=C(C[C@@H](Cn1cnnn1)c1ccc(Cl)cc1)N1CCO[C@@H](c2ccccc2)C1. The molecule has 3 aromatic rings. The Bertz CT molecular complexity index is 918. The molecule has 2 aromatic carbocycles. The number of aromatic nitrogens is 4. The zero-order chi connectivity index (χ0) is 20.1. The molecule has 1 aliphatic heterocycles. The fourth-order valence-electron chi connectivity index (χ4n) is 3.60. The van der Waals surface area contributed by atoms with E-state index in [-0.39, 0.29) is 17.9 Å². The van der Waals surface area contributed by atoms with Gasteiger partial charge in [-0.2, -0.15) is 0 Å². The maximum atomic E-state index is 13.1. The van der Waals surface area contributed by atoms with Crippen LogP contribution in [0.1, 0.15) is 29.6 Å². The highest BCUT2D eigenvalue weighted by molar-refractivity contribution is 6.30. The van der Waals surface area contributed by atoms with Crippen molar-refractivity contribution >= 4 is 17.5 Å².